The molecule has 0 fully saturated rings. The van der Waals surface area contributed by atoms with E-state index in [2.05, 4.69) is 0 Å². The standard InChI is InChI=1S/C5H12O4.4Na.4H/c6-1-5(2-7,3-8)4-9;;;;;;;;/h6-9H,1-4H2;;;;;;;;. The van der Waals surface area contributed by atoms with Crippen LogP contribution in [-0.2, 0) is 0 Å². The van der Waals surface area contributed by atoms with Gasteiger partial charge in [-0.15, -0.1) is 0 Å². The number of hydrogen-bond acceptors (Lipinski definition) is 4. The third-order valence-corrected chi connectivity index (χ3v) is 1.34. The first-order valence-corrected chi connectivity index (χ1v) is 2.68. The van der Waals surface area contributed by atoms with Crippen LogP contribution in [0, 0.1) is 5.41 Å². The summed E-state index contributed by atoms with van der Waals surface area (Å²) in [6.07, 6.45) is 0. The molecule has 4 nitrogen and oxygen atoms in total. The number of hydrogen-bond donors (Lipinski definition) is 4. The first-order chi connectivity index (χ1) is 4.24. The van der Waals surface area contributed by atoms with Crippen molar-refractivity contribution >= 4 is 118 Å². The van der Waals surface area contributed by atoms with Crippen LogP contribution in [0.5, 0.6) is 0 Å². The van der Waals surface area contributed by atoms with Crippen LogP contribution in [0.15, 0.2) is 0 Å². The van der Waals surface area contributed by atoms with E-state index in [4.69, 9.17) is 20.4 Å². The van der Waals surface area contributed by atoms with Gasteiger partial charge in [-0.1, -0.05) is 0 Å². The van der Waals surface area contributed by atoms with Crippen molar-refractivity contribution in [3.05, 3.63) is 0 Å². The van der Waals surface area contributed by atoms with E-state index in [1.54, 1.807) is 0 Å². The van der Waals surface area contributed by atoms with E-state index >= 15 is 0 Å². The quantitative estimate of drug-likeness (QED) is 0.367. The summed E-state index contributed by atoms with van der Waals surface area (Å²) in [7, 11) is 0. The summed E-state index contributed by atoms with van der Waals surface area (Å²) >= 11 is 0. The Labute approximate surface area is 167 Å². The topological polar surface area (TPSA) is 80.9 Å². The van der Waals surface area contributed by atoms with Gasteiger partial charge in [-0.2, -0.15) is 0 Å². The van der Waals surface area contributed by atoms with Crippen molar-refractivity contribution in [3.63, 3.8) is 0 Å². The van der Waals surface area contributed by atoms with Crippen LogP contribution in [-0.4, -0.2) is 165 Å². The van der Waals surface area contributed by atoms with Gasteiger partial charge in [0.1, 0.15) is 0 Å². The summed E-state index contributed by atoms with van der Waals surface area (Å²) in [5.41, 5.74) is -1.11. The molecule has 0 aromatic carbocycles. The first-order valence-electron chi connectivity index (χ1n) is 2.68. The van der Waals surface area contributed by atoms with E-state index < -0.39 is 31.8 Å². The van der Waals surface area contributed by atoms with Gasteiger partial charge in [0.25, 0.3) is 0 Å². The molecule has 0 aromatic heterocycles. The molecule has 0 radical (unpaired) electrons. The molecule has 8 heteroatoms. The van der Waals surface area contributed by atoms with Crippen molar-refractivity contribution in [1.82, 2.24) is 0 Å². The number of aliphatic hydroxyl groups excluding tert-OH is 4. The molecule has 0 bridgehead atoms. The molecule has 0 saturated carbocycles. The third kappa shape index (κ3) is 12.1. The molecule has 0 unspecified atom stereocenters. The fraction of sp³-hybridized carbons (Fsp3) is 1.00. The van der Waals surface area contributed by atoms with Gasteiger partial charge >= 0.3 is 118 Å². The molecule has 0 aliphatic rings. The Morgan fingerprint density at radius 1 is 0.538 bits per heavy atom. The zero-order valence-electron chi connectivity index (χ0n) is 5.12. The van der Waals surface area contributed by atoms with E-state index in [-0.39, 0.29) is 118 Å². The normalized spacial score (nSPS) is 8.31. The Kier molecular flexibility index (Phi) is 42.2. The van der Waals surface area contributed by atoms with E-state index in [0.717, 1.165) is 0 Å². The van der Waals surface area contributed by atoms with Crippen LogP contribution in [0.3, 0.4) is 0 Å². The SMILES string of the molecule is OCC(CO)(CO)CO.[NaH].[NaH].[NaH].[NaH]. The van der Waals surface area contributed by atoms with Crippen molar-refractivity contribution in [2.45, 2.75) is 0 Å². The molecule has 13 heavy (non-hydrogen) atoms. The molecule has 0 aliphatic heterocycles. The summed E-state index contributed by atoms with van der Waals surface area (Å²) in [6.45, 7) is -1.62. The van der Waals surface area contributed by atoms with Crippen molar-refractivity contribution in [2.24, 2.45) is 5.41 Å². The van der Waals surface area contributed by atoms with Gasteiger partial charge in [0, 0.05) is 0 Å². The predicted octanol–water partition coefficient (Wildman–Crippen LogP) is -4.65. The van der Waals surface area contributed by atoms with Gasteiger partial charge in [-0.3, -0.25) is 0 Å². The van der Waals surface area contributed by atoms with E-state index in [9.17, 15) is 0 Å². The summed E-state index contributed by atoms with van der Waals surface area (Å²) in [5.74, 6) is 0. The van der Waals surface area contributed by atoms with Crippen LogP contribution in [0.1, 0.15) is 0 Å². The minimum absolute atomic E-state index is 0. The average molecular weight is 232 g/mol. The van der Waals surface area contributed by atoms with E-state index in [1.165, 1.54) is 0 Å². The number of aliphatic hydroxyl groups is 4. The van der Waals surface area contributed by atoms with Gasteiger partial charge in [0.2, 0.25) is 0 Å². The molecule has 0 aliphatic carbocycles. The molecule has 0 heterocycles. The molecule has 0 aromatic rings. The van der Waals surface area contributed by atoms with Gasteiger partial charge in [0.05, 0.1) is 31.8 Å². The predicted molar refractivity (Wildman–Crippen MR) is 59.4 cm³/mol. The molecular weight excluding hydrogens is 216 g/mol. The Morgan fingerprint density at radius 2 is 0.692 bits per heavy atom. The summed E-state index contributed by atoms with van der Waals surface area (Å²) < 4.78 is 0. The van der Waals surface area contributed by atoms with E-state index in [0.29, 0.717) is 0 Å². The molecular formula is C5H16Na4O4. The molecule has 0 atom stereocenters. The summed E-state index contributed by atoms with van der Waals surface area (Å²) in [6, 6.07) is 0. The second kappa shape index (κ2) is 18.2. The minimum atomic E-state index is -1.11. The van der Waals surface area contributed by atoms with E-state index in [1.807, 2.05) is 0 Å². The van der Waals surface area contributed by atoms with Crippen LogP contribution >= 0.6 is 0 Å². The molecule has 0 amide bonds. The zero-order valence-corrected chi connectivity index (χ0v) is 5.12. The Hall–Kier alpha value is 3.84. The van der Waals surface area contributed by atoms with Crippen molar-refractivity contribution in [1.29, 1.82) is 0 Å². The molecule has 0 saturated heterocycles. The van der Waals surface area contributed by atoms with Gasteiger partial charge < -0.3 is 20.4 Å². The first kappa shape index (κ1) is 30.1. The average Bonchev–Trinajstić information content (AvgIpc) is 1.95. The monoisotopic (exact) mass is 232 g/mol. The second-order valence-corrected chi connectivity index (χ2v) is 2.13. The Bertz CT molecular complexity index is 63.4. The van der Waals surface area contributed by atoms with Crippen LogP contribution in [0.4, 0.5) is 0 Å². The van der Waals surface area contributed by atoms with Crippen molar-refractivity contribution in [3.8, 4) is 0 Å². The van der Waals surface area contributed by atoms with Crippen LogP contribution in [0.2, 0.25) is 0 Å². The molecule has 0 spiro atoms. The van der Waals surface area contributed by atoms with Crippen LogP contribution < -0.4 is 0 Å². The van der Waals surface area contributed by atoms with Crippen molar-refractivity contribution < 1.29 is 20.4 Å². The van der Waals surface area contributed by atoms with Crippen molar-refractivity contribution in [2.75, 3.05) is 26.4 Å². The van der Waals surface area contributed by atoms with Crippen LogP contribution in [0.25, 0.3) is 0 Å². The van der Waals surface area contributed by atoms with Gasteiger partial charge in [-0.25, -0.2) is 0 Å². The molecule has 0 rings (SSSR count). The van der Waals surface area contributed by atoms with Gasteiger partial charge in [-0.05, 0) is 0 Å². The molecule has 64 valence electrons. The Balaban J connectivity index is -0.0000000533. The Morgan fingerprint density at radius 3 is 0.692 bits per heavy atom. The number of rotatable bonds is 4. The fourth-order valence-electron chi connectivity index (χ4n) is 0.300. The maximum absolute atomic E-state index is 8.50. The molecule has 4 N–H and O–H groups in total. The third-order valence-electron chi connectivity index (χ3n) is 1.34. The summed E-state index contributed by atoms with van der Waals surface area (Å²) in [5, 5.41) is 34.0. The second-order valence-electron chi connectivity index (χ2n) is 2.13. The summed E-state index contributed by atoms with van der Waals surface area (Å²) in [4.78, 5) is 0. The van der Waals surface area contributed by atoms with Gasteiger partial charge in [0.15, 0.2) is 0 Å². The maximum atomic E-state index is 8.50. The fourth-order valence-corrected chi connectivity index (χ4v) is 0.300. The zero-order chi connectivity index (χ0) is 7.33.